The van der Waals surface area contributed by atoms with Crippen molar-refractivity contribution in [2.75, 3.05) is 17.2 Å². The first-order chi connectivity index (χ1) is 13.2. The molecule has 0 radical (unpaired) electrons. The van der Waals surface area contributed by atoms with Gasteiger partial charge in [-0.05, 0) is 55.2 Å². The molecule has 28 heavy (non-hydrogen) atoms. The zero-order chi connectivity index (χ0) is 20.6. The molecule has 146 valence electrons. The zero-order valence-corrected chi connectivity index (χ0v) is 17.0. The third-order valence-electron chi connectivity index (χ3n) is 4.45. The highest BCUT2D eigenvalue weighted by molar-refractivity contribution is 6.34. The molecule has 1 aliphatic heterocycles. The molecular weight excluding hydrogens is 378 g/mol. The number of anilines is 2. The number of nitrogens with zero attached hydrogens (tertiary/aromatic N) is 1. The molecule has 0 atom stereocenters. The molecule has 2 aromatic rings. The largest absolute Gasteiger partial charge is 0.323 e. The summed E-state index contributed by atoms with van der Waals surface area (Å²) >= 11 is 6.22. The summed E-state index contributed by atoms with van der Waals surface area (Å²) < 4.78 is 0. The average Bonchev–Trinajstić information content (AvgIpc) is 2.82. The lowest BCUT2D eigenvalue weighted by Crippen LogP contribution is -2.33. The van der Waals surface area contributed by atoms with Crippen molar-refractivity contribution in [2.24, 2.45) is 5.92 Å². The minimum atomic E-state index is -0.482. The standard InChI is InChI=1S/C21H22ClN3O3/c1-11(2)10-25-19(26)15-6-5-14(9-16(15)20(25)27)23-21(28)24-18-13(4)7-12(3)8-17(18)22/h5-9,11H,10H2,1-4H3,(H2,23,24,28). The highest BCUT2D eigenvalue weighted by atomic mass is 35.5. The predicted octanol–water partition coefficient (Wildman–Crippen LogP) is 4.85. The Hall–Kier alpha value is -2.86. The topological polar surface area (TPSA) is 78.5 Å². The minimum absolute atomic E-state index is 0.174. The number of aryl methyl sites for hydroxylation is 2. The van der Waals surface area contributed by atoms with Gasteiger partial charge >= 0.3 is 6.03 Å². The number of benzene rings is 2. The van der Waals surface area contributed by atoms with Crippen molar-refractivity contribution >= 4 is 40.8 Å². The third kappa shape index (κ3) is 3.87. The summed E-state index contributed by atoms with van der Waals surface area (Å²) in [7, 11) is 0. The van der Waals surface area contributed by atoms with Gasteiger partial charge in [0.05, 0.1) is 21.8 Å². The van der Waals surface area contributed by atoms with Gasteiger partial charge in [-0.15, -0.1) is 0 Å². The van der Waals surface area contributed by atoms with Crippen molar-refractivity contribution in [2.45, 2.75) is 27.7 Å². The number of urea groups is 1. The van der Waals surface area contributed by atoms with Crippen LogP contribution in [0, 0.1) is 19.8 Å². The van der Waals surface area contributed by atoms with Gasteiger partial charge < -0.3 is 10.6 Å². The van der Waals surface area contributed by atoms with Gasteiger partial charge in [0.2, 0.25) is 0 Å². The second-order valence-corrected chi connectivity index (χ2v) is 7.80. The first-order valence-electron chi connectivity index (χ1n) is 9.02. The Kier molecular flexibility index (Phi) is 5.42. The van der Waals surface area contributed by atoms with Gasteiger partial charge in [0.15, 0.2) is 0 Å². The molecule has 3 rings (SSSR count). The number of carbonyl (C=O) groups is 3. The number of fused-ring (bicyclic) bond motifs is 1. The maximum absolute atomic E-state index is 12.6. The van der Waals surface area contributed by atoms with Gasteiger partial charge in [-0.3, -0.25) is 14.5 Å². The minimum Gasteiger partial charge on any atom is -0.308 e. The summed E-state index contributed by atoms with van der Waals surface area (Å²) in [6, 6.07) is 7.91. The maximum atomic E-state index is 12.6. The molecular formula is C21H22ClN3O3. The van der Waals surface area contributed by atoms with Gasteiger partial charge in [-0.1, -0.05) is 31.5 Å². The molecule has 6 nitrogen and oxygen atoms in total. The predicted molar refractivity (Wildman–Crippen MR) is 110 cm³/mol. The summed E-state index contributed by atoms with van der Waals surface area (Å²) in [5, 5.41) is 5.87. The van der Waals surface area contributed by atoms with Crippen LogP contribution in [0.3, 0.4) is 0 Å². The van der Waals surface area contributed by atoms with Crippen molar-refractivity contribution in [1.29, 1.82) is 0 Å². The molecule has 0 bridgehead atoms. The van der Waals surface area contributed by atoms with Crippen LogP contribution < -0.4 is 10.6 Å². The number of hydrogen-bond acceptors (Lipinski definition) is 3. The Balaban J connectivity index is 1.77. The lowest BCUT2D eigenvalue weighted by molar-refractivity contribution is 0.0636. The Bertz CT molecular complexity index is 962. The van der Waals surface area contributed by atoms with Crippen molar-refractivity contribution in [3.63, 3.8) is 0 Å². The maximum Gasteiger partial charge on any atom is 0.323 e. The molecule has 0 spiro atoms. The van der Waals surface area contributed by atoms with E-state index >= 15 is 0 Å². The fourth-order valence-electron chi connectivity index (χ4n) is 3.25. The van der Waals surface area contributed by atoms with Crippen LogP contribution in [0.2, 0.25) is 5.02 Å². The molecule has 0 aromatic heterocycles. The number of hydrogen-bond donors (Lipinski definition) is 2. The molecule has 1 aliphatic rings. The number of halogens is 1. The fourth-order valence-corrected chi connectivity index (χ4v) is 3.62. The summed E-state index contributed by atoms with van der Waals surface area (Å²) in [6.07, 6.45) is 0. The summed E-state index contributed by atoms with van der Waals surface area (Å²) in [4.78, 5) is 38.6. The molecule has 0 aliphatic carbocycles. The van der Waals surface area contributed by atoms with Crippen LogP contribution in [0.5, 0.6) is 0 Å². The van der Waals surface area contributed by atoms with Crippen LogP contribution in [0.25, 0.3) is 0 Å². The molecule has 0 saturated heterocycles. The number of amides is 4. The first-order valence-corrected chi connectivity index (χ1v) is 9.40. The molecule has 0 unspecified atom stereocenters. The average molecular weight is 400 g/mol. The number of rotatable bonds is 4. The highest BCUT2D eigenvalue weighted by Gasteiger charge is 2.35. The van der Waals surface area contributed by atoms with E-state index in [2.05, 4.69) is 10.6 Å². The summed E-state index contributed by atoms with van der Waals surface area (Å²) in [5.41, 5.74) is 3.45. The van der Waals surface area contributed by atoms with E-state index in [-0.39, 0.29) is 17.7 Å². The quantitative estimate of drug-likeness (QED) is 0.721. The van der Waals surface area contributed by atoms with Gasteiger partial charge in [0.25, 0.3) is 11.8 Å². The van der Waals surface area contributed by atoms with Gasteiger partial charge in [0, 0.05) is 12.2 Å². The van der Waals surface area contributed by atoms with Crippen molar-refractivity contribution in [1.82, 2.24) is 4.90 Å². The first kappa shape index (κ1) is 19.9. The van der Waals surface area contributed by atoms with Gasteiger partial charge in [0.1, 0.15) is 0 Å². The molecule has 7 heteroatoms. The smallest absolute Gasteiger partial charge is 0.308 e. The molecule has 4 amide bonds. The monoisotopic (exact) mass is 399 g/mol. The van der Waals surface area contributed by atoms with Crippen molar-refractivity contribution in [3.8, 4) is 0 Å². The van der Waals surface area contributed by atoms with Gasteiger partial charge in [-0.25, -0.2) is 4.79 Å². The molecule has 1 heterocycles. The van der Waals surface area contributed by atoms with Crippen LogP contribution in [-0.2, 0) is 0 Å². The van der Waals surface area contributed by atoms with Crippen molar-refractivity contribution in [3.05, 3.63) is 57.6 Å². The van der Waals surface area contributed by atoms with E-state index in [1.165, 1.54) is 11.0 Å². The number of nitrogens with one attached hydrogen (secondary N) is 2. The second kappa shape index (κ2) is 7.64. The van der Waals surface area contributed by atoms with Crippen LogP contribution in [-0.4, -0.2) is 29.3 Å². The number of imide groups is 1. The molecule has 0 saturated carbocycles. The fraction of sp³-hybridized carbons (Fsp3) is 0.286. The zero-order valence-electron chi connectivity index (χ0n) is 16.2. The lowest BCUT2D eigenvalue weighted by Gasteiger charge is -2.15. The Morgan fingerprint density at radius 3 is 2.36 bits per heavy atom. The van der Waals surface area contributed by atoms with E-state index in [9.17, 15) is 14.4 Å². The Morgan fingerprint density at radius 1 is 1.04 bits per heavy atom. The van der Waals surface area contributed by atoms with E-state index in [0.717, 1.165) is 11.1 Å². The third-order valence-corrected chi connectivity index (χ3v) is 4.74. The van der Waals surface area contributed by atoms with Crippen LogP contribution in [0.15, 0.2) is 30.3 Å². The van der Waals surface area contributed by atoms with E-state index in [4.69, 9.17) is 11.6 Å². The number of carbonyl (C=O) groups excluding carboxylic acids is 3. The lowest BCUT2D eigenvalue weighted by atomic mass is 10.1. The van der Waals surface area contributed by atoms with Crippen molar-refractivity contribution < 1.29 is 14.4 Å². The van der Waals surface area contributed by atoms with Crippen LogP contribution in [0.1, 0.15) is 45.7 Å². The molecule has 0 fully saturated rings. The Morgan fingerprint density at radius 2 is 1.71 bits per heavy atom. The van der Waals surface area contributed by atoms with E-state index in [1.54, 1.807) is 18.2 Å². The molecule has 2 N–H and O–H groups in total. The Labute approximate surface area is 168 Å². The molecule has 2 aromatic carbocycles. The highest BCUT2D eigenvalue weighted by Crippen LogP contribution is 2.29. The van der Waals surface area contributed by atoms with Crippen LogP contribution >= 0.6 is 11.6 Å². The van der Waals surface area contributed by atoms with Gasteiger partial charge in [-0.2, -0.15) is 0 Å². The SMILES string of the molecule is Cc1cc(C)c(NC(=O)Nc2ccc3c(c2)C(=O)N(CC(C)C)C3=O)c(Cl)c1. The van der Waals surface area contributed by atoms with E-state index in [1.807, 2.05) is 33.8 Å². The van der Waals surface area contributed by atoms with Crippen LogP contribution in [0.4, 0.5) is 16.2 Å². The summed E-state index contributed by atoms with van der Waals surface area (Å²) in [6.45, 7) is 8.03. The van der Waals surface area contributed by atoms with E-state index in [0.29, 0.717) is 34.1 Å². The summed E-state index contributed by atoms with van der Waals surface area (Å²) in [5.74, 6) is -0.463. The van der Waals surface area contributed by atoms with E-state index < -0.39 is 6.03 Å². The second-order valence-electron chi connectivity index (χ2n) is 7.39. The normalized spacial score (nSPS) is 13.1.